The Labute approximate surface area is 80.7 Å². The van der Waals surface area contributed by atoms with Gasteiger partial charge >= 0.3 is 0 Å². The van der Waals surface area contributed by atoms with Crippen LogP contribution in [0.15, 0.2) is 0 Å². The van der Waals surface area contributed by atoms with Crippen molar-refractivity contribution in [3.63, 3.8) is 0 Å². The van der Waals surface area contributed by atoms with Gasteiger partial charge in [-0.3, -0.25) is 4.79 Å². The molecule has 0 unspecified atom stereocenters. The predicted octanol–water partition coefficient (Wildman–Crippen LogP) is 2.42. The zero-order chi connectivity index (χ0) is 10.1. The van der Waals surface area contributed by atoms with Crippen LogP contribution in [0.4, 0.5) is 0 Å². The Kier molecular flexibility index (Phi) is 3.12. The highest BCUT2D eigenvalue weighted by molar-refractivity contribution is 5.83. The monoisotopic (exact) mass is 184 g/mol. The van der Waals surface area contributed by atoms with Gasteiger partial charge in [0.25, 0.3) is 0 Å². The van der Waals surface area contributed by atoms with E-state index in [2.05, 4.69) is 20.8 Å². The summed E-state index contributed by atoms with van der Waals surface area (Å²) in [5.74, 6) is 0.901. The first-order valence-electron chi connectivity index (χ1n) is 5.00. The van der Waals surface area contributed by atoms with Crippen molar-refractivity contribution in [3.8, 4) is 0 Å². The molecule has 2 nitrogen and oxygen atoms in total. The van der Waals surface area contributed by atoms with E-state index in [1.807, 2.05) is 0 Å². The van der Waals surface area contributed by atoms with Gasteiger partial charge in [-0.2, -0.15) is 0 Å². The molecule has 1 aliphatic rings. The van der Waals surface area contributed by atoms with Gasteiger partial charge in [-0.1, -0.05) is 20.8 Å². The number of hydrogen-bond donors (Lipinski definition) is 0. The van der Waals surface area contributed by atoms with Crippen LogP contribution < -0.4 is 0 Å². The molecule has 0 spiro atoms. The molecule has 1 fully saturated rings. The molecule has 0 aliphatic heterocycles. The van der Waals surface area contributed by atoms with Crippen molar-refractivity contribution >= 4 is 5.78 Å². The van der Waals surface area contributed by atoms with Crippen LogP contribution in [-0.2, 0) is 9.53 Å². The number of rotatable bonds is 1. The molecular formula is C11H20O2. The van der Waals surface area contributed by atoms with Gasteiger partial charge in [-0.05, 0) is 24.2 Å². The lowest BCUT2D eigenvalue weighted by Crippen LogP contribution is -2.36. The lowest BCUT2D eigenvalue weighted by atomic mass is 9.71. The minimum atomic E-state index is -0.141. The molecule has 0 aromatic heterocycles. The van der Waals surface area contributed by atoms with E-state index < -0.39 is 0 Å². The van der Waals surface area contributed by atoms with Crippen LogP contribution >= 0.6 is 0 Å². The second kappa shape index (κ2) is 3.79. The van der Waals surface area contributed by atoms with Crippen molar-refractivity contribution in [3.05, 3.63) is 0 Å². The highest BCUT2D eigenvalue weighted by Crippen LogP contribution is 2.37. The first-order chi connectivity index (χ1) is 5.95. The summed E-state index contributed by atoms with van der Waals surface area (Å²) in [6, 6.07) is 0. The summed E-state index contributed by atoms with van der Waals surface area (Å²) in [6.45, 7) is 6.71. The molecule has 0 heterocycles. The zero-order valence-electron chi connectivity index (χ0n) is 9.09. The highest BCUT2D eigenvalue weighted by Gasteiger charge is 2.34. The number of hydrogen-bond acceptors (Lipinski definition) is 2. The van der Waals surface area contributed by atoms with E-state index in [1.165, 1.54) is 0 Å². The number of carbonyl (C=O) groups is 1. The Bertz CT molecular complexity index is 191. The van der Waals surface area contributed by atoms with Crippen molar-refractivity contribution in [2.24, 2.45) is 11.3 Å². The molecule has 76 valence electrons. The van der Waals surface area contributed by atoms with Gasteiger partial charge in [0.05, 0.1) is 0 Å². The minimum Gasteiger partial charge on any atom is -0.374 e. The summed E-state index contributed by atoms with van der Waals surface area (Å²) in [6.07, 6.45) is 2.49. The molecule has 0 amide bonds. The normalized spacial score (nSPS) is 30.6. The van der Waals surface area contributed by atoms with Gasteiger partial charge in [0.2, 0.25) is 0 Å². The fraction of sp³-hybridized carbons (Fsp3) is 0.909. The van der Waals surface area contributed by atoms with Crippen LogP contribution in [0.1, 0.15) is 40.0 Å². The van der Waals surface area contributed by atoms with Gasteiger partial charge in [0, 0.05) is 13.5 Å². The van der Waals surface area contributed by atoms with Crippen LogP contribution in [-0.4, -0.2) is 19.0 Å². The highest BCUT2D eigenvalue weighted by atomic mass is 16.5. The predicted molar refractivity (Wildman–Crippen MR) is 52.6 cm³/mol. The number of methoxy groups -OCH3 is 1. The van der Waals surface area contributed by atoms with Crippen molar-refractivity contribution in [2.75, 3.05) is 7.11 Å². The van der Waals surface area contributed by atoms with Crippen LogP contribution in [0.25, 0.3) is 0 Å². The second-order valence-corrected chi connectivity index (χ2v) is 5.03. The standard InChI is InChI=1S/C11H20O2/c1-11(2,3)8-5-6-9(12)10(7-8)13-4/h8,10H,5-7H2,1-4H3/t8-,10+/m1/s1. The average molecular weight is 184 g/mol. The maximum atomic E-state index is 11.4. The molecular weight excluding hydrogens is 164 g/mol. The van der Waals surface area contributed by atoms with Gasteiger partial charge in [-0.15, -0.1) is 0 Å². The van der Waals surface area contributed by atoms with Crippen molar-refractivity contribution < 1.29 is 9.53 Å². The fourth-order valence-electron chi connectivity index (χ4n) is 2.00. The smallest absolute Gasteiger partial charge is 0.161 e. The van der Waals surface area contributed by atoms with Gasteiger partial charge < -0.3 is 4.74 Å². The largest absolute Gasteiger partial charge is 0.374 e. The molecule has 0 aromatic carbocycles. The summed E-state index contributed by atoms with van der Waals surface area (Å²) in [5, 5.41) is 0. The SMILES string of the molecule is CO[C@H]1C[C@H](C(C)(C)C)CCC1=O. The topological polar surface area (TPSA) is 26.3 Å². The summed E-state index contributed by atoms with van der Waals surface area (Å²) in [7, 11) is 1.63. The van der Waals surface area contributed by atoms with Crippen molar-refractivity contribution in [2.45, 2.75) is 46.1 Å². The van der Waals surface area contributed by atoms with E-state index in [9.17, 15) is 4.79 Å². The van der Waals surface area contributed by atoms with Crippen LogP contribution in [0.3, 0.4) is 0 Å². The van der Waals surface area contributed by atoms with Crippen LogP contribution in [0.2, 0.25) is 0 Å². The third-order valence-electron chi connectivity index (χ3n) is 3.11. The minimum absolute atomic E-state index is 0.141. The second-order valence-electron chi connectivity index (χ2n) is 5.03. The van der Waals surface area contributed by atoms with Gasteiger partial charge in [0.15, 0.2) is 5.78 Å². The van der Waals surface area contributed by atoms with E-state index in [0.717, 1.165) is 12.8 Å². The lowest BCUT2D eigenvalue weighted by molar-refractivity contribution is -0.134. The number of ether oxygens (including phenoxy) is 1. The Morgan fingerprint density at radius 3 is 2.46 bits per heavy atom. The van der Waals surface area contributed by atoms with Crippen LogP contribution in [0.5, 0.6) is 0 Å². The Morgan fingerprint density at radius 2 is 2.00 bits per heavy atom. The molecule has 0 radical (unpaired) electrons. The van der Waals surface area contributed by atoms with E-state index >= 15 is 0 Å². The summed E-state index contributed by atoms with van der Waals surface area (Å²) in [5.41, 5.74) is 0.303. The Hall–Kier alpha value is -0.370. The maximum Gasteiger partial charge on any atom is 0.161 e. The third-order valence-corrected chi connectivity index (χ3v) is 3.11. The van der Waals surface area contributed by atoms with Crippen molar-refractivity contribution in [1.29, 1.82) is 0 Å². The molecule has 0 aromatic rings. The van der Waals surface area contributed by atoms with E-state index in [-0.39, 0.29) is 11.9 Å². The molecule has 0 N–H and O–H groups in total. The summed E-state index contributed by atoms with van der Waals surface area (Å²) in [4.78, 5) is 11.4. The fourth-order valence-corrected chi connectivity index (χ4v) is 2.00. The first kappa shape index (κ1) is 10.7. The van der Waals surface area contributed by atoms with Crippen molar-refractivity contribution in [1.82, 2.24) is 0 Å². The Morgan fingerprint density at radius 1 is 1.38 bits per heavy atom. The zero-order valence-corrected chi connectivity index (χ0v) is 9.09. The third kappa shape index (κ3) is 2.53. The lowest BCUT2D eigenvalue weighted by Gasteiger charge is -2.36. The molecule has 1 saturated carbocycles. The van der Waals surface area contributed by atoms with Crippen LogP contribution in [0, 0.1) is 11.3 Å². The Balaban J connectivity index is 2.60. The molecule has 2 heteroatoms. The van der Waals surface area contributed by atoms with E-state index in [0.29, 0.717) is 17.8 Å². The maximum absolute atomic E-state index is 11.4. The number of ketones is 1. The molecule has 13 heavy (non-hydrogen) atoms. The molecule has 1 rings (SSSR count). The summed E-state index contributed by atoms with van der Waals surface area (Å²) >= 11 is 0. The molecule has 0 bridgehead atoms. The number of carbonyl (C=O) groups excluding carboxylic acids is 1. The van der Waals surface area contributed by atoms with E-state index in [4.69, 9.17) is 4.74 Å². The van der Waals surface area contributed by atoms with E-state index in [1.54, 1.807) is 7.11 Å². The molecule has 2 atom stereocenters. The van der Waals surface area contributed by atoms with Gasteiger partial charge in [0.1, 0.15) is 6.10 Å². The summed E-state index contributed by atoms with van der Waals surface area (Å²) < 4.78 is 5.18. The average Bonchev–Trinajstić information content (AvgIpc) is 2.03. The number of Topliss-reactive ketones (excluding diaryl/α,β-unsaturated/α-hetero) is 1. The quantitative estimate of drug-likeness (QED) is 0.625. The molecule has 1 aliphatic carbocycles. The van der Waals surface area contributed by atoms with Gasteiger partial charge in [-0.25, -0.2) is 0 Å². The first-order valence-corrected chi connectivity index (χ1v) is 5.00. The molecule has 0 saturated heterocycles.